The zero-order valence-electron chi connectivity index (χ0n) is 17.6. The van der Waals surface area contributed by atoms with Gasteiger partial charge in [0.15, 0.2) is 5.82 Å². The summed E-state index contributed by atoms with van der Waals surface area (Å²) in [5, 5.41) is 16.3. The fraction of sp³-hybridized carbons (Fsp3) is 0.261. The second-order valence-corrected chi connectivity index (χ2v) is 7.91. The molecule has 0 unspecified atom stereocenters. The molecule has 0 radical (unpaired) electrons. The van der Waals surface area contributed by atoms with E-state index in [1.54, 1.807) is 37.2 Å². The molecule has 3 aromatic rings. The molecule has 0 bridgehead atoms. The van der Waals surface area contributed by atoms with Gasteiger partial charge in [0.05, 0.1) is 18.8 Å². The van der Waals surface area contributed by atoms with Crippen molar-refractivity contribution in [1.29, 1.82) is 0 Å². The van der Waals surface area contributed by atoms with Gasteiger partial charge in [-0.1, -0.05) is 18.2 Å². The van der Waals surface area contributed by atoms with Crippen molar-refractivity contribution in [2.75, 3.05) is 24.3 Å². The number of rotatable bonds is 5. The molecule has 3 N–H and O–H groups in total. The molecule has 8 heteroatoms. The third-order valence-electron chi connectivity index (χ3n) is 5.49. The second kappa shape index (κ2) is 7.88. The summed E-state index contributed by atoms with van der Waals surface area (Å²) in [6, 6.07) is 9.56. The van der Waals surface area contributed by atoms with Crippen molar-refractivity contribution in [1.82, 2.24) is 9.88 Å². The highest BCUT2D eigenvalue weighted by Gasteiger charge is 2.37. The standard InChI is InChI=1S/C23H24N4O4/c1-14-16-6-4-5-7-18(16)31-19(14)12-27(3)20(29)9-8-15-10-17-21(24-11-15)25-22(30)23(2,13-28)26-17/h4-11,26,28H,12-13H2,1-3H3,(H,24,25,30)/b9-8+/t23-/m1/s1. The highest BCUT2D eigenvalue weighted by atomic mass is 16.3. The minimum Gasteiger partial charge on any atom is -0.459 e. The van der Waals surface area contributed by atoms with Gasteiger partial charge < -0.3 is 25.1 Å². The average Bonchev–Trinajstić information content (AvgIpc) is 3.08. The Labute approximate surface area is 179 Å². The van der Waals surface area contributed by atoms with E-state index in [0.29, 0.717) is 23.6 Å². The summed E-state index contributed by atoms with van der Waals surface area (Å²) in [6.07, 6.45) is 4.69. The average molecular weight is 420 g/mol. The number of aliphatic hydroxyl groups excluding tert-OH is 1. The zero-order chi connectivity index (χ0) is 22.2. The van der Waals surface area contributed by atoms with Gasteiger partial charge in [0, 0.05) is 30.3 Å². The quantitative estimate of drug-likeness (QED) is 0.548. The van der Waals surface area contributed by atoms with Crippen molar-refractivity contribution >= 4 is 40.4 Å². The van der Waals surface area contributed by atoms with E-state index >= 15 is 0 Å². The lowest BCUT2D eigenvalue weighted by atomic mass is 9.99. The molecule has 0 aliphatic carbocycles. The summed E-state index contributed by atoms with van der Waals surface area (Å²) >= 11 is 0. The molecule has 1 aliphatic heterocycles. The van der Waals surface area contributed by atoms with Crippen LogP contribution in [0.15, 0.2) is 47.0 Å². The van der Waals surface area contributed by atoms with Gasteiger partial charge in [-0.25, -0.2) is 4.98 Å². The Morgan fingerprint density at radius 3 is 2.87 bits per heavy atom. The molecule has 3 heterocycles. The van der Waals surface area contributed by atoms with Crippen LogP contribution in [0.3, 0.4) is 0 Å². The number of aryl methyl sites for hydroxylation is 1. The third-order valence-corrected chi connectivity index (χ3v) is 5.49. The third kappa shape index (κ3) is 3.89. The second-order valence-electron chi connectivity index (χ2n) is 7.91. The van der Waals surface area contributed by atoms with Gasteiger partial charge in [0.25, 0.3) is 5.91 Å². The number of fused-ring (bicyclic) bond motifs is 2. The number of furan rings is 1. The van der Waals surface area contributed by atoms with E-state index in [1.807, 2.05) is 31.2 Å². The predicted octanol–water partition coefficient (Wildman–Crippen LogP) is 2.92. The Bertz CT molecular complexity index is 1200. The number of carbonyl (C=O) groups is 2. The van der Waals surface area contributed by atoms with Crippen LogP contribution >= 0.6 is 0 Å². The number of amides is 2. The van der Waals surface area contributed by atoms with Crippen LogP contribution in [0.5, 0.6) is 0 Å². The molecule has 1 aliphatic rings. The topological polar surface area (TPSA) is 108 Å². The molecule has 0 saturated carbocycles. The molecule has 2 amide bonds. The number of benzene rings is 1. The van der Waals surface area contributed by atoms with Gasteiger partial charge in [-0.2, -0.15) is 0 Å². The van der Waals surface area contributed by atoms with Gasteiger partial charge in [-0.3, -0.25) is 9.59 Å². The maximum Gasteiger partial charge on any atom is 0.253 e. The number of aliphatic hydroxyl groups is 1. The number of carbonyl (C=O) groups excluding carboxylic acids is 2. The van der Waals surface area contributed by atoms with Crippen molar-refractivity contribution in [3.05, 3.63) is 59.5 Å². The molecule has 0 spiro atoms. The number of hydrogen-bond donors (Lipinski definition) is 3. The Kier molecular flexibility index (Phi) is 5.24. The minimum absolute atomic E-state index is 0.181. The van der Waals surface area contributed by atoms with E-state index < -0.39 is 5.54 Å². The van der Waals surface area contributed by atoms with Crippen LogP contribution in [0.4, 0.5) is 11.5 Å². The van der Waals surface area contributed by atoms with Crippen LogP contribution in [0, 0.1) is 6.92 Å². The number of aromatic nitrogens is 1. The molecule has 1 atom stereocenters. The molecule has 8 nitrogen and oxygen atoms in total. The fourth-order valence-electron chi connectivity index (χ4n) is 3.44. The first-order valence-electron chi connectivity index (χ1n) is 9.91. The largest absolute Gasteiger partial charge is 0.459 e. The van der Waals surface area contributed by atoms with Gasteiger partial charge in [-0.05, 0) is 37.6 Å². The molecule has 4 rings (SSSR count). The number of para-hydroxylation sites is 1. The first-order valence-corrected chi connectivity index (χ1v) is 9.91. The Balaban J connectivity index is 1.47. The number of likely N-dealkylation sites (N-methyl/N-ethyl adjacent to an activating group) is 1. The monoisotopic (exact) mass is 420 g/mol. The normalized spacial score (nSPS) is 18.0. The van der Waals surface area contributed by atoms with Crippen LogP contribution < -0.4 is 10.6 Å². The first kappa shape index (κ1) is 20.6. The number of hydrogen-bond acceptors (Lipinski definition) is 6. The van der Waals surface area contributed by atoms with Gasteiger partial charge >= 0.3 is 0 Å². The van der Waals surface area contributed by atoms with Crippen LogP contribution in [0.2, 0.25) is 0 Å². The van der Waals surface area contributed by atoms with Crippen LogP contribution in [0.25, 0.3) is 17.0 Å². The zero-order valence-corrected chi connectivity index (χ0v) is 17.6. The lowest BCUT2D eigenvalue weighted by Crippen LogP contribution is -2.53. The molecule has 0 fully saturated rings. The highest BCUT2D eigenvalue weighted by Crippen LogP contribution is 2.30. The molecule has 31 heavy (non-hydrogen) atoms. The Morgan fingerprint density at radius 2 is 2.13 bits per heavy atom. The minimum atomic E-state index is -1.13. The number of nitrogens with one attached hydrogen (secondary N) is 2. The summed E-state index contributed by atoms with van der Waals surface area (Å²) < 4.78 is 5.89. The SMILES string of the molecule is Cc1c(CN(C)C(=O)/C=C/c2cnc3c(c2)N[C@](C)(CO)C(=O)N3)oc2ccccc12. The summed E-state index contributed by atoms with van der Waals surface area (Å²) in [5.41, 5.74) is 1.97. The Morgan fingerprint density at radius 1 is 1.35 bits per heavy atom. The van der Waals surface area contributed by atoms with Gasteiger partial charge in [0.1, 0.15) is 16.9 Å². The number of anilines is 2. The smallest absolute Gasteiger partial charge is 0.253 e. The summed E-state index contributed by atoms with van der Waals surface area (Å²) in [7, 11) is 1.72. The van der Waals surface area contributed by atoms with E-state index in [2.05, 4.69) is 15.6 Å². The van der Waals surface area contributed by atoms with Crippen molar-refractivity contribution < 1.29 is 19.1 Å². The van der Waals surface area contributed by atoms with E-state index in [1.165, 1.54) is 6.08 Å². The number of nitrogens with zero attached hydrogens (tertiary/aromatic N) is 2. The maximum atomic E-state index is 12.6. The summed E-state index contributed by atoms with van der Waals surface area (Å²) in [6.45, 7) is 3.59. The van der Waals surface area contributed by atoms with E-state index in [9.17, 15) is 14.7 Å². The van der Waals surface area contributed by atoms with Crippen molar-refractivity contribution in [2.24, 2.45) is 0 Å². The van der Waals surface area contributed by atoms with Crippen molar-refractivity contribution in [2.45, 2.75) is 25.9 Å². The number of pyridine rings is 1. The highest BCUT2D eigenvalue weighted by molar-refractivity contribution is 6.05. The summed E-state index contributed by atoms with van der Waals surface area (Å²) in [5.74, 6) is 0.607. The van der Waals surface area contributed by atoms with E-state index in [-0.39, 0.29) is 18.4 Å². The van der Waals surface area contributed by atoms with Crippen molar-refractivity contribution in [3.8, 4) is 0 Å². The van der Waals surface area contributed by atoms with Crippen LogP contribution in [-0.4, -0.2) is 46.0 Å². The van der Waals surface area contributed by atoms with Gasteiger partial charge in [-0.15, -0.1) is 0 Å². The predicted molar refractivity (Wildman–Crippen MR) is 118 cm³/mol. The lowest BCUT2D eigenvalue weighted by molar-refractivity contribution is -0.125. The van der Waals surface area contributed by atoms with Crippen molar-refractivity contribution in [3.63, 3.8) is 0 Å². The van der Waals surface area contributed by atoms with E-state index in [4.69, 9.17) is 4.42 Å². The molecule has 1 aromatic carbocycles. The molecule has 160 valence electrons. The molecular formula is C23H24N4O4. The fourth-order valence-corrected chi connectivity index (χ4v) is 3.44. The molecular weight excluding hydrogens is 396 g/mol. The molecule has 2 aromatic heterocycles. The lowest BCUT2D eigenvalue weighted by Gasteiger charge is -2.33. The first-order chi connectivity index (χ1) is 14.8. The van der Waals surface area contributed by atoms with E-state index in [0.717, 1.165) is 22.3 Å². The van der Waals surface area contributed by atoms with Crippen LogP contribution in [-0.2, 0) is 16.1 Å². The van der Waals surface area contributed by atoms with Gasteiger partial charge in [0.2, 0.25) is 5.91 Å². The molecule has 0 saturated heterocycles. The Hall–Kier alpha value is -3.65. The maximum absolute atomic E-state index is 12.6. The summed E-state index contributed by atoms with van der Waals surface area (Å²) in [4.78, 5) is 30.5. The van der Waals surface area contributed by atoms with Crippen LogP contribution in [0.1, 0.15) is 23.8 Å².